The molecule has 0 amide bonds. The molecule has 1 N–H and O–H groups in total. The second kappa shape index (κ2) is 0.645. The molecule has 100 valence electrons. The first-order chi connectivity index (χ1) is 8.42. The molecule has 0 aliphatic carbocycles. The van der Waals surface area contributed by atoms with Gasteiger partial charge in [0.25, 0.3) is 0 Å². The molecule has 2 heteroatoms. The van der Waals surface area contributed by atoms with Gasteiger partial charge in [-0.05, 0) is 0 Å². The molecule has 10 fully saturated rings. The number of hydrogen-bond acceptors (Lipinski definition) is 1. The number of hydrogen-bond donors (Lipinski definition) is 1. The number of rotatable bonds is 4. The van der Waals surface area contributed by atoms with Crippen molar-refractivity contribution in [2.75, 3.05) is 0 Å². The molecule has 0 aromatic heterocycles. The van der Waals surface area contributed by atoms with Gasteiger partial charge < -0.3 is 0 Å². The van der Waals surface area contributed by atoms with E-state index < -0.39 is 7.72 Å². The van der Waals surface area contributed by atoms with E-state index >= 15 is 0 Å². The molecule has 0 aromatic carbocycles. The molecule has 18 heavy (non-hydrogen) atoms. The molecule has 0 aromatic rings. The van der Waals surface area contributed by atoms with Crippen molar-refractivity contribution >= 4 is 0 Å². The molecule has 0 saturated carbocycles. The topological polar surface area (TPSA) is 12.0 Å². The molecule has 0 radical (unpaired) electrons. The van der Waals surface area contributed by atoms with Crippen molar-refractivity contribution in [3.8, 4) is 0 Å². The molecule has 1 spiro atoms. The average Bonchev–Trinajstić information content (AvgIpc) is 3.29. The summed E-state index contributed by atoms with van der Waals surface area (Å²) in [5.41, 5.74) is 0. The van der Waals surface area contributed by atoms with Crippen LogP contribution in [-0.2, 0) is 7.72 Å². The third kappa shape index (κ3) is 0.0791. The van der Waals surface area contributed by atoms with Gasteiger partial charge >= 0.3 is 96.9 Å². The zero-order valence-corrected chi connectivity index (χ0v) is 13.1. The Morgan fingerprint density at radius 3 is 1.72 bits per heavy atom. The molecular weight excluding hydrogens is 307 g/mol. The maximum atomic E-state index is 4.09. The molecule has 6 atom stereocenters. The van der Waals surface area contributed by atoms with Crippen molar-refractivity contribution in [2.45, 2.75) is 83.9 Å². The molecule has 6 unspecified atom stereocenters. The first kappa shape index (κ1) is 7.55. The quantitative estimate of drug-likeness (QED) is 0.747. The second-order valence-corrected chi connectivity index (χ2v) is 49.1. The monoisotopic (exact) mass is 331 g/mol. The van der Waals surface area contributed by atoms with Crippen molar-refractivity contribution in [1.82, 2.24) is 5.32 Å². The molecule has 10 saturated heterocycles. The molecule has 1 nitrogen and oxygen atoms in total. The molecule has 10 rings (SSSR count). The Bertz CT molecular complexity index is 881. The third-order valence-electron chi connectivity index (χ3n) is 16.6. The molecule has 10 heterocycles. The van der Waals surface area contributed by atoms with E-state index in [0.29, 0.717) is 0 Å². The average molecular weight is 330 g/mol. The van der Waals surface area contributed by atoms with E-state index in [2.05, 4.69) is 26.1 Å². The van der Waals surface area contributed by atoms with E-state index in [1.165, 1.54) is 47.0 Å². The van der Waals surface area contributed by atoms with E-state index in [0.717, 1.165) is 16.1 Å². The summed E-state index contributed by atoms with van der Waals surface area (Å²) < 4.78 is 14.7. The minimum absolute atomic E-state index is 0.767. The Labute approximate surface area is 96.8 Å². The van der Waals surface area contributed by atoms with Gasteiger partial charge in [-0.15, -0.1) is 0 Å². The summed E-state index contributed by atoms with van der Waals surface area (Å²) in [5.74, 6) is 0. The van der Waals surface area contributed by atoms with Gasteiger partial charge in [0.05, 0.1) is 0 Å². The van der Waals surface area contributed by atoms with Crippen LogP contribution in [-0.4, -0.2) is 12.1 Å². The van der Waals surface area contributed by atoms with E-state index in [1.807, 2.05) is 0 Å². The fourth-order valence-electron chi connectivity index (χ4n) is 18.3. The summed E-state index contributed by atoms with van der Waals surface area (Å²) >= 11 is 0. The molecule has 10 aliphatic rings. The predicted molar refractivity (Wildman–Crippen MR) is 68.8 cm³/mol. The normalized spacial score (nSPS) is 117. The molecule has 0 bridgehead atoms. The van der Waals surface area contributed by atoms with Crippen LogP contribution >= 0.6 is 0 Å². The summed E-state index contributed by atoms with van der Waals surface area (Å²) in [6.45, 7) is 7.41. The standard InChI is InChI=1S/C11H18N.C5H5.Ru/c1-4-9(2)12-10(3)11-7-5-6-8-11;1-2-4-5-3-1;/h5-10,12H,4H2,1-3H3;1-5H;. The van der Waals surface area contributed by atoms with E-state index in [-0.39, 0.29) is 0 Å². The Morgan fingerprint density at radius 2 is 1.44 bits per heavy atom. The van der Waals surface area contributed by atoms with E-state index in [9.17, 15) is 0 Å². The maximum absolute atomic E-state index is 4.09. The zero-order valence-electron chi connectivity index (χ0n) is 11.4. The Kier molecular flexibility index (Phi) is 0.271. The third-order valence-corrected chi connectivity index (χ3v) is 84.0. The SMILES string of the molecule is CCC(C)NC(C)[C]12[CH]3[CH]4[CH]5[CH]1[Ru]45321678[CH]2[CH]1[CH]6[CH]7[CH]28. The summed E-state index contributed by atoms with van der Waals surface area (Å²) in [6.07, 6.45) is 1.32. The Balaban J connectivity index is 1.39. The van der Waals surface area contributed by atoms with Crippen LogP contribution in [0.5, 0.6) is 0 Å². The van der Waals surface area contributed by atoms with Crippen LogP contribution in [0.2, 0.25) is 44.6 Å². The van der Waals surface area contributed by atoms with Gasteiger partial charge in [0.1, 0.15) is 0 Å². The van der Waals surface area contributed by atoms with E-state index in [1.54, 1.807) is 0 Å². The van der Waals surface area contributed by atoms with Crippen molar-refractivity contribution in [1.29, 1.82) is 0 Å². The summed E-state index contributed by atoms with van der Waals surface area (Å²) in [5, 5.41) is 4.09. The Hall–Kier alpha value is 0.583. The predicted octanol–water partition coefficient (Wildman–Crippen LogP) is 4.52. The second-order valence-electron chi connectivity index (χ2n) is 11.9. The minimum atomic E-state index is -3.05. The van der Waals surface area contributed by atoms with Crippen molar-refractivity contribution in [2.24, 2.45) is 0 Å². The first-order valence-corrected chi connectivity index (χ1v) is 18.3. The fourth-order valence-corrected chi connectivity index (χ4v) is 154. The van der Waals surface area contributed by atoms with Gasteiger partial charge in [0.15, 0.2) is 0 Å². The Morgan fingerprint density at radius 1 is 0.944 bits per heavy atom. The zero-order chi connectivity index (χ0) is 11.6. The van der Waals surface area contributed by atoms with E-state index in [4.69, 9.17) is 0 Å². The van der Waals surface area contributed by atoms with Crippen molar-refractivity contribution in [3.05, 3.63) is 0 Å². The number of nitrogens with one attached hydrogen (secondary N) is 1. The van der Waals surface area contributed by atoms with Gasteiger partial charge in [0.2, 0.25) is 0 Å². The van der Waals surface area contributed by atoms with Crippen LogP contribution in [0, 0.1) is 0 Å². The van der Waals surface area contributed by atoms with Crippen LogP contribution in [0.3, 0.4) is 0 Å². The van der Waals surface area contributed by atoms with Crippen LogP contribution in [0.15, 0.2) is 0 Å². The first-order valence-electron chi connectivity index (χ1n) is 8.39. The summed E-state index contributed by atoms with van der Waals surface area (Å²) in [4.78, 5) is 0. The van der Waals surface area contributed by atoms with Gasteiger partial charge in [-0.1, -0.05) is 0 Å². The van der Waals surface area contributed by atoms with Gasteiger partial charge in [-0.3, -0.25) is 0 Å². The van der Waals surface area contributed by atoms with Gasteiger partial charge in [-0.2, -0.15) is 0 Å². The van der Waals surface area contributed by atoms with Crippen molar-refractivity contribution < 1.29 is 7.72 Å². The van der Waals surface area contributed by atoms with Gasteiger partial charge in [0, 0.05) is 0 Å². The van der Waals surface area contributed by atoms with Crippen LogP contribution < -0.4 is 5.32 Å². The summed E-state index contributed by atoms with van der Waals surface area (Å²) in [7, 11) is -3.05. The molecule has 10 aliphatic heterocycles. The fraction of sp³-hybridized carbons (Fsp3) is 1.00. The van der Waals surface area contributed by atoms with Crippen LogP contribution in [0.1, 0.15) is 27.2 Å². The molecular formula is C16H23NRu. The summed E-state index contributed by atoms with van der Waals surface area (Å²) in [6, 6.07) is 1.71. The number of fused-ring (bicyclic) bond motifs is 10. The van der Waals surface area contributed by atoms with Crippen LogP contribution in [0.25, 0.3) is 0 Å². The van der Waals surface area contributed by atoms with Gasteiger partial charge in [-0.25, -0.2) is 0 Å². The van der Waals surface area contributed by atoms with Crippen LogP contribution in [0.4, 0.5) is 0 Å². The van der Waals surface area contributed by atoms with Crippen molar-refractivity contribution in [3.63, 3.8) is 0 Å².